The van der Waals surface area contributed by atoms with Crippen LogP contribution in [-0.4, -0.2) is 20.0 Å². The van der Waals surface area contributed by atoms with Gasteiger partial charge in [-0.25, -0.2) is 0 Å². The van der Waals surface area contributed by atoms with Gasteiger partial charge in [-0.05, 0) is 19.1 Å². The van der Waals surface area contributed by atoms with Crippen molar-refractivity contribution < 1.29 is 14.3 Å². The average Bonchev–Trinajstić information content (AvgIpc) is 2.26. The van der Waals surface area contributed by atoms with Crippen molar-refractivity contribution in [3.63, 3.8) is 0 Å². The van der Waals surface area contributed by atoms with Crippen LogP contribution in [0.5, 0.6) is 11.5 Å². The molecule has 0 amide bonds. The van der Waals surface area contributed by atoms with Gasteiger partial charge in [-0.15, -0.1) is 0 Å². The molecule has 0 N–H and O–H groups in total. The predicted molar refractivity (Wildman–Crippen MR) is 63.3 cm³/mol. The molecular formula is C13H16O3. The van der Waals surface area contributed by atoms with Gasteiger partial charge in [0, 0.05) is 6.42 Å². The highest BCUT2D eigenvalue weighted by Gasteiger charge is 2.17. The van der Waals surface area contributed by atoms with Gasteiger partial charge in [0.15, 0.2) is 5.78 Å². The molecule has 0 saturated heterocycles. The van der Waals surface area contributed by atoms with Crippen LogP contribution >= 0.6 is 0 Å². The fourth-order valence-electron chi connectivity index (χ4n) is 1.49. The summed E-state index contributed by atoms with van der Waals surface area (Å²) in [6.45, 7) is 5.55. The number of Topliss-reactive ketones (excluding diaryl/α,β-unsaturated/α-hetero) is 1. The molecule has 0 aliphatic rings. The number of benzene rings is 1. The predicted octanol–water partition coefficient (Wildman–Crippen LogP) is 2.85. The molecule has 0 heterocycles. The second-order valence-electron chi connectivity index (χ2n) is 3.59. The van der Waals surface area contributed by atoms with Crippen molar-refractivity contribution >= 4 is 5.78 Å². The monoisotopic (exact) mass is 220 g/mol. The van der Waals surface area contributed by atoms with E-state index in [0.717, 1.165) is 5.57 Å². The number of hydrogen-bond acceptors (Lipinski definition) is 3. The van der Waals surface area contributed by atoms with Crippen LogP contribution in [0.25, 0.3) is 0 Å². The molecule has 0 saturated carbocycles. The van der Waals surface area contributed by atoms with Gasteiger partial charge < -0.3 is 9.47 Å². The average molecular weight is 220 g/mol. The van der Waals surface area contributed by atoms with Crippen molar-refractivity contribution in [1.82, 2.24) is 0 Å². The minimum atomic E-state index is -0.0400. The number of carbonyl (C=O) groups is 1. The lowest BCUT2D eigenvalue weighted by atomic mass is 10.0. The zero-order valence-corrected chi connectivity index (χ0v) is 9.87. The lowest BCUT2D eigenvalue weighted by Gasteiger charge is -2.11. The molecule has 86 valence electrons. The Morgan fingerprint density at radius 1 is 1.25 bits per heavy atom. The van der Waals surface area contributed by atoms with E-state index in [2.05, 4.69) is 6.58 Å². The molecule has 0 unspecified atom stereocenters. The molecule has 3 nitrogen and oxygen atoms in total. The van der Waals surface area contributed by atoms with Gasteiger partial charge in [0.2, 0.25) is 0 Å². The molecule has 1 rings (SSSR count). The Hall–Kier alpha value is -1.77. The molecule has 0 aliphatic carbocycles. The summed E-state index contributed by atoms with van der Waals surface area (Å²) in [5.74, 6) is 1.03. The Kier molecular flexibility index (Phi) is 4.11. The highest BCUT2D eigenvalue weighted by atomic mass is 16.5. The standard InChI is InChI=1S/C13H16O3/c1-9(2)8-10(14)13-11(15-3)6-5-7-12(13)16-4/h5-7H,1,8H2,2-4H3. The summed E-state index contributed by atoms with van der Waals surface area (Å²) >= 11 is 0. The molecule has 0 atom stereocenters. The Morgan fingerprint density at radius 3 is 2.12 bits per heavy atom. The third-order valence-electron chi connectivity index (χ3n) is 2.17. The lowest BCUT2D eigenvalue weighted by Crippen LogP contribution is -2.05. The van der Waals surface area contributed by atoms with Crippen LogP contribution in [0.1, 0.15) is 23.7 Å². The highest BCUT2D eigenvalue weighted by Crippen LogP contribution is 2.29. The fraction of sp³-hybridized carbons (Fsp3) is 0.308. The summed E-state index contributed by atoms with van der Waals surface area (Å²) in [6, 6.07) is 5.28. The van der Waals surface area contributed by atoms with E-state index in [9.17, 15) is 4.79 Å². The van der Waals surface area contributed by atoms with Crippen LogP contribution in [0.2, 0.25) is 0 Å². The highest BCUT2D eigenvalue weighted by molar-refractivity contribution is 6.02. The first kappa shape index (κ1) is 12.3. The molecule has 0 bridgehead atoms. The molecule has 0 spiro atoms. The van der Waals surface area contributed by atoms with E-state index >= 15 is 0 Å². The van der Waals surface area contributed by atoms with E-state index in [1.54, 1.807) is 18.2 Å². The molecule has 3 heteroatoms. The van der Waals surface area contributed by atoms with Crippen molar-refractivity contribution in [2.75, 3.05) is 14.2 Å². The fourth-order valence-corrected chi connectivity index (χ4v) is 1.49. The first-order chi connectivity index (χ1) is 7.60. The number of ketones is 1. The number of methoxy groups -OCH3 is 2. The zero-order chi connectivity index (χ0) is 12.1. The minimum Gasteiger partial charge on any atom is -0.496 e. The topological polar surface area (TPSA) is 35.5 Å². The van der Waals surface area contributed by atoms with E-state index in [4.69, 9.17) is 9.47 Å². The Balaban J connectivity index is 3.17. The minimum absolute atomic E-state index is 0.0400. The summed E-state index contributed by atoms with van der Waals surface area (Å²) in [6.07, 6.45) is 0.302. The van der Waals surface area contributed by atoms with Crippen LogP contribution in [0, 0.1) is 0 Å². The third kappa shape index (κ3) is 2.63. The largest absolute Gasteiger partial charge is 0.496 e. The normalized spacial score (nSPS) is 9.69. The van der Waals surface area contributed by atoms with Crippen LogP contribution in [0.3, 0.4) is 0 Å². The first-order valence-corrected chi connectivity index (χ1v) is 4.98. The van der Waals surface area contributed by atoms with Crippen molar-refractivity contribution in [2.24, 2.45) is 0 Å². The van der Waals surface area contributed by atoms with Crippen LogP contribution in [0.4, 0.5) is 0 Å². The molecule has 16 heavy (non-hydrogen) atoms. The van der Waals surface area contributed by atoms with Gasteiger partial charge in [-0.2, -0.15) is 0 Å². The lowest BCUT2D eigenvalue weighted by molar-refractivity contribution is 0.0987. The van der Waals surface area contributed by atoms with Gasteiger partial charge in [-0.1, -0.05) is 18.2 Å². The first-order valence-electron chi connectivity index (χ1n) is 4.98. The number of hydrogen-bond donors (Lipinski definition) is 0. The molecule has 1 aromatic rings. The quantitative estimate of drug-likeness (QED) is 0.565. The number of rotatable bonds is 5. The Labute approximate surface area is 95.7 Å². The van der Waals surface area contributed by atoms with Crippen LogP contribution in [0.15, 0.2) is 30.4 Å². The van der Waals surface area contributed by atoms with Crippen molar-refractivity contribution in [2.45, 2.75) is 13.3 Å². The van der Waals surface area contributed by atoms with Crippen molar-refractivity contribution in [3.8, 4) is 11.5 Å². The second-order valence-corrected chi connectivity index (χ2v) is 3.59. The van der Waals surface area contributed by atoms with E-state index in [0.29, 0.717) is 23.5 Å². The summed E-state index contributed by atoms with van der Waals surface area (Å²) in [4.78, 5) is 12.0. The van der Waals surface area contributed by atoms with Gasteiger partial charge >= 0.3 is 0 Å². The van der Waals surface area contributed by atoms with Gasteiger partial charge in [0.25, 0.3) is 0 Å². The van der Waals surface area contributed by atoms with Gasteiger partial charge in [0.05, 0.1) is 14.2 Å². The SMILES string of the molecule is C=C(C)CC(=O)c1c(OC)cccc1OC. The number of carbonyl (C=O) groups excluding carboxylic acids is 1. The number of allylic oxidation sites excluding steroid dienone is 1. The van der Waals surface area contributed by atoms with Gasteiger partial charge in [0.1, 0.15) is 17.1 Å². The van der Waals surface area contributed by atoms with Crippen molar-refractivity contribution in [3.05, 3.63) is 35.9 Å². The van der Waals surface area contributed by atoms with Crippen LogP contribution in [-0.2, 0) is 0 Å². The Bertz CT molecular complexity index is 385. The maximum atomic E-state index is 12.0. The third-order valence-corrected chi connectivity index (χ3v) is 2.17. The second kappa shape index (κ2) is 5.35. The molecule has 0 aromatic heterocycles. The smallest absolute Gasteiger partial charge is 0.174 e. The summed E-state index contributed by atoms with van der Waals surface area (Å²) in [5, 5.41) is 0. The number of ether oxygens (including phenoxy) is 2. The maximum absolute atomic E-state index is 12.0. The molecule has 1 aromatic carbocycles. The molecular weight excluding hydrogens is 204 g/mol. The summed E-state index contributed by atoms with van der Waals surface area (Å²) in [5.41, 5.74) is 1.30. The van der Waals surface area contributed by atoms with E-state index < -0.39 is 0 Å². The van der Waals surface area contributed by atoms with Crippen molar-refractivity contribution in [1.29, 1.82) is 0 Å². The van der Waals surface area contributed by atoms with E-state index in [1.165, 1.54) is 14.2 Å². The maximum Gasteiger partial charge on any atom is 0.174 e. The zero-order valence-electron chi connectivity index (χ0n) is 9.87. The summed E-state index contributed by atoms with van der Waals surface area (Å²) in [7, 11) is 3.07. The molecule has 0 radical (unpaired) electrons. The van der Waals surface area contributed by atoms with E-state index in [1.807, 2.05) is 6.92 Å². The summed E-state index contributed by atoms with van der Waals surface area (Å²) < 4.78 is 10.3. The molecule has 0 aliphatic heterocycles. The van der Waals surface area contributed by atoms with Crippen LogP contribution < -0.4 is 9.47 Å². The molecule has 0 fully saturated rings. The van der Waals surface area contributed by atoms with Gasteiger partial charge in [-0.3, -0.25) is 4.79 Å². The Morgan fingerprint density at radius 2 is 1.75 bits per heavy atom. The van der Waals surface area contributed by atoms with E-state index in [-0.39, 0.29) is 5.78 Å².